The van der Waals surface area contributed by atoms with E-state index in [2.05, 4.69) is 15.3 Å². The number of ether oxygens (including phenoxy) is 2. The maximum atomic E-state index is 12.4. The number of nitrogens with one attached hydrogen (secondary N) is 1. The molecule has 1 unspecified atom stereocenters. The van der Waals surface area contributed by atoms with Crippen molar-refractivity contribution in [1.82, 2.24) is 19.9 Å². The first-order valence-corrected chi connectivity index (χ1v) is 8.68. The number of hydrogen-bond donors (Lipinski definition) is 2. The lowest BCUT2D eigenvalue weighted by Crippen LogP contribution is -2.39. The van der Waals surface area contributed by atoms with Crippen molar-refractivity contribution in [2.45, 2.75) is 31.5 Å². The molecule has 0 spiro atoms. The highest BCUT2D eigenvalue weighted by Gasteiger charge is 2.34. The van der Waals surface area contributed by atoms with Gasteiger partial charge in [-0.05, 0) is 24.8 Å². The molecule has 1 aliphatic rings. The van der Waals surface area contributed by atoms with Crippen LogP contribution in [0.4, 0.5) is 0 Å². The molecule has 0 saturated heterocycles. The van der Waals surface area contributed by atoms with Gasteiger partial charge >= 0.3 is 0 Å². The van der Waals surface area contributed by atoms with Crippen LogP contribution in [0.3, 0.4) is 0 Å². The lowest BCUT2D eigenvalue weighted by Gasteiger charge is -2.16. The van der Waals surface area contributed by atoms with Crippen molar-refractivity contribution in [1.29, 1.82) is 0 Å². The van der Waals surface area contributed by atoms with Gasteiger partial charge in [0, 0.05) is 38.3 Å². The Balaban J connectivity index is 1.51. The summed E-state index contributed by atoms with van der Waals surface area (Å²) >= 11 is 0. The largest absolute Gasteiger partial charge is 0.475 e. The third-order valence-electron chi connectivity index (χ3n) is 4.51. The monoisotopic (exact) mass is 360 g/mol. The van der Waals surface area contributed by atoms with Crippen LogP contribution in [0, 0.1) is 5.92 Å². The van der Waals surface area contributed by atoms with E-state index in [1.54, 1.807) is 31.8 Å². The molecule has 3 rings (SSSR count). The summed E-state index contributed by atoms with van der Waals surface area (Å²) < 4.78 is 12.3. The number of aliphatic hydroxyl groups is 1. The quantitative estimate of drug-likeness (QED) is 0.678. The molecule has 2 aromatic rings. The molecule has 2 N–H and O–H groups in total. The minimum atomic E-state index is -0.544. The molecule has 0 radical (unpaired) electrons. The van der Waals surface area contributed by atoms with Gasteiger partial charge in [-0.25, -0.2) is 9.97 Å². The average molecular weight is 360 g/mol. The lowest BCUT2D eigenvalue weighted by molar-refractivity contribution is 0.0872. The first-order chi connectivity index (χ1) is 12.7. The third kappa shape index (κ3) is 4.80. The van der Waals surface area contributed by atoms with Gasteiger partial charge in [-0.15, -0.1) is 0 Å². The Kier molecular flexibility index (Phi) is 6.19. The number of amides is 1. The number of carbonyl (C=O) groups is 1. The highest BCUT2D eigenvalue weighted by Crippen LogP contribution is 2.27. The van der Waals surface area contributed by atoms with Crippen molar-refractivity contribution in [2.75, 3.05) is 20.3 Å². The number of nitrogens with zero attached hydrogens (tertiary/aromatic N) is 3. The molecule has 3 atom stereocenters. The summed E-state index contributed by atoms with van der Waals surface area (Å²) in [5.41, 5.74) is 0.439. The Labute approximate surface area is 152 Å². The molecular weight excluding hydrogens is 336 g/mol. The average Bonchev–Trinajstić information content (AvgIpc) is 3.26. The van der Waals surface area contributed by atoms with Gasteiger partial charge in [-0.2, -0.15) is 0 Å². The highest BCUT2D eigenvalue weighted by atomic mass is 16.5. The fourth-order valence-electron chi connectivity index (χ4n) is 3.20. The van der Waals surface area contributed by atoms with Crippen LogP contribution in [-0.2, 0) is 11.3 Å². The zero-order valence-corrected chi connectivity index (χ0v) is 14.7. The summed E-state index contributed by atoms with van der Waals surface area (Å²) in [6.07, 6.45) is 7.73. The summed E-state index contributed by atoms with van der Waals surface area (Å²) in [5.74, 6) is 0.507. The zero-order chi connectivity index (χ0) is 18.4. The lowest BCUT2D eigenvalue weighted by atomic mass is 10.1. The van der Waals surface area contributed by atoms with Crippen LogP contribution in [0.5, 0.6) is 5.88 Å². The van der Waals surface area contributed by atoms with E-state index in [4.69, 9.17) is 9.47 Å². The van der Waals surface area contributed by atoms with E-state index >= 15 is 0 Å². The number of carbonyl (C=O) groups excluding carboxylic acids is 1. The van der Waals surface area contributed by atoms with E-state index in [1.165, 1.54) is 6.20 Å². The SMILES string of the molecule is COCCOc1ccc(C(=O)N[C@@H]2CC(Cn3ccnc3)C[C@H]2O)cn1. The molecule has 2 heterocycles. The number of pyridine rings is 1. The van der Waals surface area contributed by atoms with E-state index < -0.39 is 6.10 Å². The second-order valence-electron chi connectivity index (χ2n) is 6.47. The number of methoxy groups -OCH3 is 1. The van der Waals surface area contributed by atoms with Gasteiger partial charge in [0.1, 0.15) is 6.61 Å². The molecule has 0 aliphatic heterocycles. The molecule has 8 heteroatoms. The minimum absolute atomic E-state index is 0.242. The third-order valence-corrected chi connectivity index (χ3v) is 4.51. The van der Waals surface area contributed by atoms with Gasteiger partial charge in [0.15, 0.2) is 0 Å². The molecular formula is C18H24N4O4. The molecule has 1 fully saturated rings. The molecule has 8 nitrogen and oxygen atoms in total. The van der Waals surface area contributed by atoms with Crippen LogP contribution in [-0.4, -0.2) is 58.0 Å². The molecule has 1 aliphatic carbocycles. The molecule has 140 valence electrons. The number of aliphatic hydroxyl groups excluding tert-OH is 1. The summed E-state index contributed by atoms with van der Waals surface area (Å²) in [5, 5.41) is 13.2. The Hall–Kier alpha value is -2.45. The van der Waals surface area contributed by atoms with Gasteiger partial charge in [0.05, 0.1) is 30.6 Å². The van der Waals surface area contributed by atoms with Gasteiger partial charge < -0.3 is 24.5 Å². The van der Waals surface area contributed by atoms with Crippen LogP contribution in [0.1, 0.15) is 23.2 Å². The summed E-state index contributed by atoms with van der Waals surface area (Å²) in [6, 6.07) is 3.06. The molecule has 0 aromatic carbocycles. The number of hydrogen-bond acceptors (Lipinski definition) is 6. The van der Waals surface area contributed by atoms with Gasteiger partial charge in [0.2, 0.25) is 5.88 Å². The van der Waals surface area contributed by atoms with E-state index in [0.29, 0.717) is 37.0 Å². The molecule has 0 bridgehead atoms. The smallest absolute Gasteiger partial charge is 0.253 e. The second kappa shape index (κ2) is 8.77. The summed E-state index contributed by atoms with van der Waals surface area (Å²) in [4.78, 5) is 20.5. The maximum Gasteiger partial charge on any atom is 0.253 e. The Bertz CT molecular complexity index is 690. The number of rotatable bonds is 8. The Morgan fingerprint density at radius 1 is 1.38 bits per heavy atom. The van der Waals surface area contributed by atoms with Crippen molar-refractivity contribution in [3.05, 3.63) is 42.6 Å². The van der Waals surface area contributed by atoms with Crippen molar-refractivity contribution < 1.29 is 19.4 Å². The molecule has 1 amide bonds. The topological polar surface area (TPSA) is 98.5 Å². The van der Waals surface area contributed by atoms with Crippen molar-refractivity contribution in [3.8, 4) is 5.88 Å². The number of imidazole rings is 1. The van der Waals surface area contributed by atoms with Crippen LogP contribution >= 0.6 is 0 Å². The van der Waals surface area contributed by atoms with E-state index in [0.717, 1.165) is 13.0 Å². The van der Waals surface area contributed by atoms with Crippen LogP contribution in [0.15, 0.2) is 37.1 Å². The first kappa shape index (κ1) is 18.3. The highest BCUT2D eigenvalue weighted by molar-refractivity contribution is 5.94. The van der Waals surface area contributed by atoms with E-state index in [1.807, 2.05) is 10.8 Å². The number of aromatic nitrogens is 3. The van der Waals surface area contributed by atoms with Crippen LogP contribution < -0.4 is 10.1 Å². The Morgan fingerprint density at radius 3 is 2.96 bits per heavy atom. The fraction of sp³-hybridized carbons (Fsp3) is 0.500. The maximum absolute atomic E-state index is 12.4. The zero-order valence-electron chi connectivity index (χ0n) is 14.7. The van der Waals surface area contributed by atoms with E-state index in [-0.39, 0.29) is 11.9 Å². The standard InChI is InChI=1S/C18H24N4O4/c1-25-6-7-26-17-3-2-14(10-20-17)18(24)21-15-8-13(9-16(15)23)11-22-5-4-19-12-22/h2-5,10,12-13,15-16,23H,6-9,11H2,1H3,(H,21,24)/t13?,15-,16-/m1/s1. The van der Waals surface area contributed by atoms with E-state index in [9.17, 15) is 9.90 Å². The molecule has 2 aromatic heterocycles. The normalized spacial score (nSPS) is 22.3. The predicted octanol–water partition coefficient (Wildman–Crippen LogP) is 0.873. The van der Waals surface area contributed by atoms with Crippen molar-refractivity contribution in [2.24, 2.45) is 5.92 Å². The molecule has 1 saturated carbocycles. The molecule has 26 heavy (non-hydrogen) atoms. The minimum Gasteiger partial charge on any atom is -0.475 e. The summed E-state index contributed by atoms with van der Waals surface area (Å²) in [6.45, 7) is 1.67. The fourth-order valence-corrected chi connectivity index (χ4v) is 3.20. The van der Waals surface area contributed by atoms with Crippen molar-refractivity contribution in [3.63, 3.8) is 0 Å². The van der Waals surface area contributed by atoms with Gasteiger partial charge in [-0.3, -0.25) is 4.79 Å². The van der Waals surface area contributed by atoms with Gasteiger partial charge in [0.25, 0.3) is 5.91 Å². The van der Waals surface area contributed by atoms with Crippen LogP contribution in [0.2, 0.25) is 0 Å². The van der Waals surface area contributed by atoms with Crippen LogP contribution in [0.25, 0.3) is 0 Å². The predicted molar refractivity (Wildman–Crippen MR) is 93.8 cm³/mol. The Morgan fingerprint density at radius 2 is 2.27 bits per heavy atom. The van der Waals surface area contributed by atoms with Crippen molar-refractivity contribution >= 4 is 5.91 Å². The first-order valence-electron chi connectivity index (χ1n) is 8.68. The summed E-state index contributed by atoms with van der Waals surface area (Å²) in [7, 11) is 1.60. The van der Waals surface area contributed by atoms with Gasteiger partial charge in [-0.1, -0.05) is 0 Å². The second-order valence-corrected chi connectivity index (χ2v) is 6.47.